The number of ether oxygens (including phenoxy) is 2. The van der Waals surface area contributed by atoms with Gasteiger partial charge >= 0.3 is 0 Å². The summed E-state index contributed by atoms with van der Waals surface area (Å²) in [6.45, 7) is 3.09. The van der Waals surface area contributed by atoms with Gasteiger partial charge in [-0.15, -0.1) is 0 Å². The van der Waals surface area contributed by atoms with Crippen molar-refractivity contribution in [2.24, 2.45) is 5.92 Å². The van der Waals surface area contributed by atoms with Gasteiger partial charge in [0.25, 0.3) is 0 Å². The molecular weight excluding hydrogens is 665 g/mol. The number of hydrogen-bond donors (Lipinski definition) is 4. The second kappa shape index (κ2) is 16.3. The van der Waals surface area contributed by atoms with Crippen LogP contribution in [0, 0.1) is 5.92 Å². The maximum absolute atomic E-state index is 12.7. The van der Waals surface area contributed by atoms with Gasteiger partial charge in [-0.3, -0.25) is 0 Å². The van der Waals surface area contributed by atoms with Gasteiger partial charge in [-0.1, -0.05) is 104 Å². The summed E-state index contributed by atoms with van der Waals surface area (Å²) in [4.78, 5) is 2.25. The van der Waals surface area contributed by atoms with E-state index in [1.165, 1.54) is 0 Å². The van der Waals surface area contributed by atoms with Crippen molar-refractivity contribution in [3.8, 4) is 16.9 Å². The Morgan fingerprint density at radius 2 is 1.49 bits per heavy atom. The summed E-state index contributed by atoms with van der Waals surface area (Å²) in [6, 6.07) is 38.5. The molecule has 1 heterocycles. The van der Waals surface area contributed by atoms with E-state index in [2.05, 4.69) is 11.6 Å². The molecule has 1 saturated heterocycles. The Hall–Kier alpha value is -4.39. The summed E-state index contributed by atoms with van der Waals surface area (Å²) in [5, 5.41) is 30.4. The zero-order valence-electron chi connectivity index (χ0n) is 28.7. The number of phenols is 1. The first-order valence-electron chi connectivity index (χ1n) is 17.0. The second-order valence-electron chi connectivity index (χ2n) is 13.1. The third-order valence-corrected chi connectivity index (χ3v) is 10.7. The molecule has 5 aromatic rings. The molecular formula is C41H44N2O7S. The SMILES string of the molecule is CC1C(CN(C)CC(O)c2cccc(O)c2)OC(c2ccc(-c3cccc(CNS(=O)(=O)c4ccccc4)c3)cc2)OC1c1ccc(CO)cc1. The number of sulfonamides is 1. The number of aliphatic hydroxyl groups is 2. The van der Waals surface area contributed by atoms with Crippen molar-refractivity contribution >= 4 is 10.0 Å². The van der Waals surface area contributed by atoms with E-state index in [1.54, 1.807) is 54.6 Å². The number of likely N-dealkylation sites (N-methyl/N-ethyl adjacent to an activating group) is 1. The topological polar surface area (TPSA) is 129 Å². The Morgan fingerprint density at radius 3 is 2.20 bits per heavy atom. The van der Waals surface area contributed by atoms with Gasteiger partial charge in [0.1, 0.15) is 5.75 Å². The molecule has 0 aliphatic carbocycles. The van der Waals surface area contributed by atoms with Crippen molar-refractivity contribution in [2.45, 2.75) is 49.6 Å². The van der Waals surface area contributed by atoms with Crippen molar-refractivity contribution in [2.75, 3.05) is 20.1 Å². The molecule has 1 fully saturated rings. The number of hydrogen-bond acceptors (Lipinski definition) is 8. The number of phenolic OH excluding ortho intramolecular Hbond substituents is 1. The molecule has 1 aliphatic rings. The Balaban J connectivity index is 1.18. The lowest BCUT2D eigenvalue weighted by atomic mass is 9.90. The molecule has 0 saturated carbocycles. The molecule has 0 spiro atoms. The normalized spacial score (nSPS) is 19.9. The standard InChI is InChI=1S/C41H44N2O7S/c1-28-39(26-43(2)25-38(46)35-10-7-11-36(45)23-35)49-41(50-40(28)32-16-14-29(27-44)15-17-32)33-20-18-31(19-21-33)34-9-6-8-30(22-34)24-42-51(47,48)37-12-4-3-5-13-37/h3-23,28,38-42,44-46H,24-27H2,1-2H3. The first kappa shape index (κ1) is 36.4. The molecule has 0 aromatic heterocycles. The molecule has 6 rings (SSSR count). The first-order valence-corrected chi connectivity index (χ1v) is 18.5. The number of nitrogens with zero attached hydrogens (tertiary/aromatic N) is 1. The van der Waals surface area contributed by atoms with E-state index in [-0.39, 0.29) is 41.9 Å². The van der Waals surface area contributed by atoms with E-state index in [4.69, 9.17) is 9.47 Å². The number of rotatable bonds is 13. The molecule has 5 aromatic carbocycles. The van der Waals surface area contributed by atoms with Gasteiger partial charge < -0.3 is 29.7 Å². The molecule has 0 bridgehead atoms. The molecule has 5 atom stereocenters. The van der Waals surface area contributed by atoms with Gasteiger partial charge in [0.05, 0.1) is 29.8 Å². The van der Waals surface area contributed by atoms with Gasteiger partial charge in [-0.05, 0) is 70.8 Å². The largest absolute Gasteiger partial charge is 0.508 e. The van der Waals surface area contributed by atoms with Crippen LogP contribution in [-0.4, -0.2) is 54.9 Å². The molecule has 9 nitrogen and oxygen atoms in total. The smallest absolute Gasteiger partial charge is 0.240 e. The number of benzene rings is 5. The highest BCUT2D eigenvalue weighted by atomic mass is 32.2. The molecule has 0 radical (unpaired) electrons. The van der Waals surface area contributed by atoms with Crippen LogP contribution in [0.25, 0.3) is 11.1 Å². The third-order valence-electron chi connectivity index (χ3n) is 9.32. The van der Waals surface area contributed by atoms with Crippen LogP contribution in [-0.2, 0) is 32.6 Å². The summed E-state index contributed by atoms with van der Waals surface area (Å²) < 4.78 is 41.4. The lowest BCUT2D eigenvalue weighted by Crippen LogP contribution is -2.44. The maximum Gasteiger partial charge on any atom is 0.240 e. The second-order valence-corrected chi connectivity index (χ2v) is 14.9. The van der Waals surface area contributed by atoms with Crippen molar-refractivity contribution in [1.82, 2.24) is 9.62 Å². The molecule has 51 heavy (non-hydrogen) atoms. The Morgan fingerprint density at radius 1 is 0.784 bits per heavy atom. The Kier molecular flexibility index (Phi) is 11.6. The Bertz CT molecular complexity index is 1990. The van der Waals surface area contributed by atoms with Crippen LogP contribution in [0.5, 0.6) is 5.75 Å². The molecule has 1 aliphatic heterocycles. The third kappa shape index (κ3) is 9.10. The van der Waals surface area contributed by atoms with Gasteiger partial charge in [0, 0.05) is 31.1 Å². The highest BCUT2D eigenvalue weighted by molar-refractivity contribution is 7.89. The van der Waals surface area contributed by atoms with Crippen LogP contribution in [0.3, 0.4) is 0 Å². The van der Waals surface area contributed by atoms with Gasteiger partial charge in [0.15, 0.2) is 6.29 Å². The quantitative estimate of drug-likeness (QED) is 0.109. The van der Waals surface area contributed by atoms with Crippen LogP contribution in [0.2, 0.25) is 0 Å². The lowest BCUT2D eigenvalue weighted by molar-refractivity contribution is -0.276. The zero-order valence-corrected chi connectivity index (χ0v) is 29.5. The fourth-order valence-electron chi connectivity index (χ4n) is 6.40. The summed E-state index contributed by atoms with van der Waals surface area (Å²) in [6.07, 6.45) is -1.98. The lowest BCUT2D eigenvalue weighted by Gasteiger charge is -2.42. The summed E-state index contributed by atoms with van der Waals surface area (Å²) in [5.74, 6) is 0.0708. The van der Waals surface area contributed by atoms with Crippen LogP contribution >= 0.6 is 0 Å². The van der Waals surface area contributed by atoms with Crippen molar-refractivity contribution in [3.63, 3.8) is 0 Å². The number of aliphatic hydroxyl groups excluding tert-OH is 2. The van der Waals surface area contributed by atoms with Crippen molar-refractivity contribution in [1.29, 1.82) is 0 Å². The van der Waals surface area contributed by atoms with E-state index in [9.17, 15) is 23.7 Å². The predicted molar refractivity (Wildman–Crippen MR) is 196 cm³/mol. The number of nitrogens with one attached hydrogen (secondary N) is 1. The minimum Gasteiger partial charge on any atom is -0.508 e. The molecule has 0 amide bonds. The monoisotopic (exact) mass is 708 g/mol. The maximum atomic E-state index is 12.7. The van der Waals surface area contributed by atoms with Gasteiger partial charge in [-0.2, -0.15) is 0 Å². The fraction of sp³-hybridized carbons (Fsp3) is 0.268. The van der Waals surface area contributed by atoms with Crippen LogP contribution in [0.4, 0.5) is 0 Å². The summed E-state index contributed by atoms with van der Waals surface area (Å²) in [5.41, 5.74) is 6.04. The highest BCUT2D eigenvalue weighted by Gasteiger charge is 2.39. The van der Waals surface area contributed by atoms with E-state index in [0.717, 1.165) is 33.4 Å². The average Bonchev–Trinajstić information content (AvgIpc) is 3.15. The van der Waals surface area contributed by atoms with Gasteiger partial charge in [0.2, 0.25) is 10.0 Å². The summed E-state index contributed by atoms with van der Waals surface area (Å²) >= 11 is 0. The zero-order chi connectivity index (χ0) is 36.0. The molecule has 10 heteroatoms. The van der Waals surface area contributed by atoms with E-state index >= 15 is 0 Å². The Labute approximate surface area is 299 Å². The highest BCUT2D eigenvalue weighted by Crippen LogP contribution is 2.42. The minimum absolute atomic E-state index is 0.0390. The first-order chi connectivity index (χ1) is 24.6. The average molecular weight is 709 g/mol. The fourth-order valence-corrected chi connectivity index (χ4v) is 7.44. The van der Waals surface area contributed by atoms with Crippen LogP contribution in [0.15, 0.2) is 132 Å². The molecule has 266 valence electrons. The predicted octanol–water partition coefficient (Wildman–Crippen LogP) is 6.49. The van der Waals surface area contributed by atoms with Gasteiger partial charge in [-0.25, -0.2) is 13.1 Å². The van der Waals surface area contributed by atoms with Crippen LogP contribution < -0.4 is 4.72 Å². The molecule has 4 N–H and O–H groups in total. The van der Waals surface area contributed by atoms with Crippen LogP contribution in [0.1, 0.15) is 53.2 Å². The molecule has 5 unspecified atom stereocenters. The summed E-state index contributed by atoms with van der Waals surface area (Å²) in [7, 11) is -1.69. The number of aromatic hydroxyl groups is 1. The van der Waals surface area contributed by atoms with Crippen molar-refractivity contribution < 1.29 is 33.2 Å². The minimum atomic E-state index is -3.63. The van der Waals surface area contributed by atoms with Crippen molar-refractivity contribution in [3.05, 3.63) is 155 Å². The van der Waals surface area contributed by atoms with E-state index < -0.39 is 22.4 Å². The van der Waals surface area contributed by atoms with E-state index in [1.807, 2.05) is 84.7 Å². The van der Waals surface area contributed by atoms with E-state index in [0.29, 0.717) is 18.7 Å².